The Bertz CT molecular complexity index is 370. The Labute approximate surface area is 110 Å². The zero-order valence-corrected chi connectivity index (χ0v) is 11.7. The number of rotatable bonds is 5. The van der Waals surface area contributed by atoms with Crippen LogP contribution < -0.4 is 5.73 Å². The molecule has 0 aromatic heterocycles. The Morgan fingerprint density at radius 3 is 2.53 bits per heavy atom. The van der Waals surface area contributed by atoms with Crippen LogP contribution in [-0.2, 0) is 6.42 Å². The second-order valence-corrected chi connectivity index (χ2v) is 5.51. The van der Waals surface area contributed by atoms with E-state index in [9.17, 15) is 9.50 Å². The molecule has 0 aliphatic heterocycles. The lowest BCUT2D eigenvalue weighted by atomic mass is 9.87. The second kappa shape index (κ2) is 6.47. The molecule has 0 amide bonds. The molecule has 0 saturated heterocycles. The monoisotopic (exact) mass is 303 g/mol. The first-order chi connectivity index (χ1) is 7.95. The maximum Gasteiger partial charge on any atom is 0.124 e. The number of aliphatic hydroxyl groups is 1. The number of nitrogens with two attached hydrogens (primary N) is 1. The number of benzene rings is 1. The molecule has 1 aromatic carbocycles. The SMILES string of the molecule is CC(C)C(CN)C(O)Cc1ccc(F)cc1Br. The van der Waals surface area contributed by atoms with Gasteiger partial charge in [0.2, 0.25) is 0 Å². The van der Waals surface area contributed by atoms with Crippen LogP contribution in [0, 0.1) is 17.7 Å². The minimum absolute atomic E-state index is 0.0620. The summed E-state index contributed by atoms with van der Waals surface area (Å²) in [5, 5.41) is 10.1. The minimum atomic E-state index is -0.498. The average Bonchev–Trinajstić information content (AvgIpc) is 2.22. The lowest BCUT2D eigenvalue weighted by Crippen LogP contribution is -2.33. The summed E-state index contributed by atoms with van der Waals surface area (Å²) in [6.07, 6.45) is -0.0114. The number of hydrogen-bond acceptors (Lipinski definition) is 2. The lowest BCUT2D eigenvalue weighted by Gasteiger charge is -2.25. The molecule has 1 rings (SSSR count). The smallest absolute Gasteiger partial charge is 0.124 e. The molecule has 0 fully saturated rings. The van der Waals surface area contributed by atoms with E-state index in [0.717, 1.165) is 5.56 Å². The van der Waals surface area contributed by atoms with Gasteiger partial charge in [0.1, 0.15) is 5.82 Å². The van der Waals surface area contributed by atoms with Crippen molar-refractivity contribution in [2.45, 2.75) is 26.4 Å². The quantitative estimate of drug-likeness (QED) is 0.878. The van der Waals surface area contributed by atoms with Crippen molar-refractivity contribution in [1.82, 2.24) is 0 Å². The van der Waals surface area contributed by atoms with Gasteiger partial charge in [-0.15, -0.1) is 0 Å². The van der Waals surface area contributed by atoms with Gasteiger partial charge in [0.15, 0.2) is 0 Å². The highest BCUT2D eigenvalue weighted by Gasteiger charge is 2.22. The Morgan fingerprint density at radius 2 is 2.06 bits per heavy atom. The molecule has 0 saturated carbocycles. The van der Waals surface area contributed by atoms with E-state index in [0.29, 0.717) is 23.4 Å². The van der Waals surface area contributed by atoms with Crippen molar-refractivity contribution in [3.8, 4) is 0 Å². The summed E-state index contributed by atoms with van der Waals surface area (Å²) < 4.78 is 13.6. The highest BCUT2D eigenvalue weighted by atomic mass is 79.9. The van der Waals surface area contributed by atoms with Gasteiger partial charge >= 0.3 is 0 Å². The van der Waals surface area contributed by atoms with Crippen LogP contribution in [0.25, 0.3) is 0 Å². The maximum absolute atomic E-state index is 12.9. The molecular formula is C13H19BrFNO. The summed E-state index contributed by atoms with van der Waals surface area (Å²) in [7, 11) is 0. The first-order valence-electron chi connectivity index (χ1n) is 5.77. The summed E-state index contributed by atoms with van der Waals surface area (Å²) >= 11 is 3.30. The summed E-state index contributed by atoms with van der Waals surface area (Å²) in [6.45, 7) is 4.54. The summed E-state index contributed by atoms with van der Waals surface area (Å²) in [5.41, 5.74) is 6.56. The zero-order valence-electron chi connectivity index (χ0n) is 10.2. The van der Waals surface area contributed by atoms with Gasteiger partial charge in [-0.25, -0.2) is 4.39 Å². The highest BCUT2D eigenvalue weighted by molar-refractivity contribution is 9.10. The summed E-state index contributed by atoms with van der Waals surface area (Å²) in [6, 6.07) is 4.51. The Balaban J connectivity index is 2.76. The Hall–Kier alpha value is -0.450. The van der Waals surface area contributed by atoms with Crippen molar-refractivity contribution in [2.24, 2.45) is 17.6 Å². The molecule has 0 bridgehead atoms. The molecule has 0 spiro atoms. The molecular weight excluding hydrogens is 285 g/mol. The van der Waals surface area contributed by atoms with Crippen molar-refractivity contribution in [3.05, 3.63) is 34.1 Å². The van der Waals surface area contributed by atoms with E-state index in [4.69, 9.17) is 5.73 Å². The van der Waals surface area contributed by atoms with Gasteiger partial charge in [-0.2, -0.15) is 0 Å². The van der Waals surface area contributed by atoms with Crippen molar-refractivity contribution in [1.29, 1.82) is 0 Å². The highest BCUT2D eigenvalue weighted by Crippen LogP contribution is 2.23. The van der Waals surface area contributed by atoms with Crippen LogP contribution in [-0.4, -0.2) is 17.8 Å². The van der Waals surface area contributed by atoms with Crippen LogP contribution in [0.5, 0.6) is 0 Å². The van der Waals surface area contributed by atoms with Crippen LogP contribution in [0.3, 0.4) is 0 Å². The molecule has 2 nitrogen and oxygen atoms in total. The molecule has 3 N–H and O–H groups in total. The largest absolute Gasteiger partial charge is 0.392 e. The van der Waals surface area contributed by atoms with Gasteiger partial charge in [0.05, 0.1) is 6.10 Å². The number of aliphatic hydroxyl groups excluding tert-OH is 1. The molecule has 0 radical (unpaired) electrons. The molecule has 17 heavy (non-hydrogen) atoms. The predicted octanol–water partition coefficient (Wildman–Crippen LogP) is 2.72. The standard InChI is InChI=1S/C13H19BrFNO/c1-8(2)11(7-16)13(17)5-9-3-4-10(15)6-12(9)14/h3-4,6,8,11,13,17H,5,7,16H2,1-2H3. The average molecular weight is 304 g/mol. The van der Waals surface area contributed by atoms with E-state index in [1.165, 1.54) is 12.1 Å². The third kappa shape index (κ3) is 4.05. The second-order valence-electron chi connectivity index (χ2n) is 4.65. The van der Waals surface area contributed by atoms with E-state index in [1.807, 2.05) is 13.8 Å². The molecule has 0 aliphatic rings. The van der Waals surface area contributed by atoms with Gasteiger partial charge in [-0.05, 0) is 42.5 Å². The Kier molecular flexibility index (Phi) is 5.56. The van der Waals surface area contributed by atoms with E-state index in [2.05, 4.69) is 15.9 Å². The van der Waals surface area contributed by atoms with E-state index < -0.39 is 6.10 Å². The number of halogens is 2. The third-order valence-corrected chi connectivity index (χ3v) is 3.81. The summed E-state index contributed by atoms with van der Waals surface area (Å²) in [5.74, 6) is 0.107. The van der Waals surface area contributed by atoms with Crippen molar-refractivity contribution in [2.75, 3.05) is 6.54 Å². The van der Waals surface area contributed by atoms with Gasteiger partial charge in [0.25, 0.3) is 0 Å². The fourth-order valence-corrected chi connectivity index (χ4v) is 2.45. The minimum Gasteiger partial charge on any atom is -0.392 e. The van der Waals surface area contributed by atoms with E-state index >= 15 is 0 Å². The van der Waals surface area contributed by atoms with Gasteiger partial charge < -0.3 is 10.8 Å². The van der Waals surface area contributed by atoms with Crippen LogP contribution >= 0.6 is 15.9 Å². The topological polar surface area (TPSA) is 46.2 Å². The molecule has 0 aliphatic carbocycles. The van der Waals surface area contributed by atoms with Crippen molar-refractivity contribution < 1.29 is 9.50 Å². The van der Waals surface area contributed by atoms with Crippen LogP contribution in [0.15, 0.2) is 22.7 Å². The fraction of sp³-hybridized carbons (Fsp3) is 0.538. The fourth-order valence-electron chi connectivity index (χ4n) is 1.94. The summed E-state index contributed by atoms with van der Waals surface area (Å²) in [4.78, 5) is 0. The van der Waals surface area contributed by atoms with Crippen LogP contribution in [0.1, 0.15) is 19.4 Å². The van der Waals surface area contributed by atoms with E-state index in [-0.39, 0.29) is 11.7 Å². The van der Waals surface area contributed by atoms with Gasteiger partial charge in [0, 0.05) is 4.47 Å². The molecule has 4 heteroatoms. The van der Waals surface area contributed by atoms with E-state index in [1.54, 1.807) is 6.07 Å². The first kappa shape index (κ1) is 14.6. The van der Waals surface area contributed by atoms with Crippen LogP contribution in [0.4, 0.5) is 4.39 Å². The molecule has 96 valence electrons. The maximum atomic E-state index is 12.9. The van der Waals surface area contributed by atoms with Gasteiger partial charge in [-0.1, -0.05) is 35.8 Å². The molecule has 0 heterocycles. The zero-order chi connectivity index (χ0) is 13.0. The number of hydrogen-bond donors (Lipinski definition) is 2. The molecule has 1 aromatic rings. The van der Waals surface area contributed by atoms with Gasteiger partial charge in [-0.3, -0.25) is 0 Å². The lowest BCUT2D eigenvalue weighted by molar-refractivity contribution is 0.0862. The molecule has 2 atom stereocenters. The van der Waals surface area contributed by atoms with Crippen molar-refractivity contribution >= 4 is 15.9 Å². The molecule has 2 unspecified atom stereocenters. The predicted molar refractivity (Wildman–Crippen MR) is 71.2 cm³/mol. The normalized spacial score (nSPS) is 15.0. The third-order valence-electron chi connectivity index (χ3n) is 3.07. The van der Waals surface area contributed by atoms with Crippen molar-refractivity contribution in [3.63, 3.8) is 0 Å². The van der Waals surface area contributed by atoms with Crippen LogP contribution in [0.2, 0.25) is 0 Å². The Morgan fingerprint density at radius 1 is 1.41 bits per heavy atom. The first-order valence-corrected chi connectivity index (χ1v) is 6.57.